The van der Waals surface area contributed by atoms with Gasteiger partial charge in [0, 0.05) is 6.54 Å². The maximum Gasteiger partial charge on any atom is 0.257 e. The van der Waals surface area contributed by atoms with Crippen molar-refractivity contribution in [1.29, 1.82) is 0 Å². The molecule has 17 heavy (non-hydrogen) atoms. The average Bonchev–Trinajstić information content (AvgIpc) is 2.24. The Bertz CT molecular complexity index is 446. The Balaban J connectivity index is 2.97. The van der Waals surface area contributed by atoms with E-state index in [0.29, 0.717) is 6.54 Å². The molecule has 3 N–H and O–H groups in total. The molecule has 0 bridgehead atoms. The average molecular weight is 252 g/mol. The van der Waals surface area contributed by atoms with Gasteiger partial charge in [-0.05, 0) is 31.5 Å². The van der Waals surface area contributed by atoms with E-state index in [-0.39, 0.29) is 28.8 Å². The van der Waals surface area contributed by atoms with Crippen LogP contribution in [0.2, 0.25) is 0 Å². The molecule has 92 valence electrons. The quantitative estimate of drug-likeness (QED) is 0.796. The number of hydrogen-bond donors (Lipinski definition) is 2. The van der Waals surface area contributed by atoms with Crippen LogP contribution in [0, 0.1) is 6.92 Å². The molecule has 0 aliphatic carbocycles. The second kappa shape index (κ2) is 5.63. The van der Waals surface area contributed by atoms with Crippen LogP contribution in [0.15, 0.2) is 18.2 Å². The number of hydrogen-bond acceptors (Lipinski definition) is 3. The van der Waals surface area contributed by atoms with E-state index in [1.165, 1.54) is 4.90 Å². The predicted molar refractivity (Wildman–Crippen MR) is 71.2 cm³/mol. The summed E-state index contributed by atoms with van der Waals surface area (Å²) in [4.78, 5) is 13.8. The zero-order valence-corrected chi connectivity index (χ0v) is 10.8. The van der Waals surface area contributed by atoms with Crippen molar-refractivity contribution in [1.82, 2.24) is 4.90 Å². The zero-order valence-electron chi connectivity index (χ0n) is 9.93. The predicted octanol–water partition coefficient (Wildman–Crippen LogP) is 1.45. The minimum Gasteiger partial charge on any atom is -0.507 e. The molecule has 0 heterocycles. The molecular formula is C12H16N2O2S. The number of nitrogens with zero attached hydrogens (tertiary/aromatic N) is 1. The molecule has 0 aromatic heterocycles. The number of aryl methyl sites for hydroxylation is 1. The van der Waals surface area contributed by atoms with E-state index in [1.807, 2.05) is 13.8 Å². The van der Waals surface area contributed by atoms with Gasteiger partial charge in [-0.3, -0.25) is 4.79 Å². The van der Waals surface area contributed by atoms with Gasteiger partial charge in [0.05, 0.1) is 17.1 Å². The molecule has 0 unspecified atom stereocenters. The first-order chi connectivity index (χ1) is 7.95. The fourth-order valence-corrected chi connectivity index (χ4v) is 1.66. The first-order valence-corrected chi connectivity index (χ1v) is 5.73. The van der Waals surface area contributed by atoms with Gasteiger partial charge >= 0.3 is 0 Å². The molecule has 4 nitrogen and oxygen atoms in total. The second-order valence-electron chi connectivity index (χ2n) is 3.81. The van der Waals surface area contributed by atoms with Gasteiger partial charge in [-0.15, -0.1) is 0 Å². The maximum atomic E-state index is 12.1. The summed E-state index contributed by atoms with van der Waals surface area (Å²) >= 11 is 4.78. The standard InChI is InChI=1S/C12H16N2O2S/c1-3-14(7-11(13)17)12(16)9-5-4-8(2)6-10(9)15/h4-6,15H,3,7H2,1-2H3,(H2,13,17). The molecule has 1 rings (SSSR count). The van der Waals surface area contributed by atoms with E-state index in [2.05, 4.69) is 0 Å². The van der Waals surface area contributed by atoms with Crippen LogP contribution in [0.3, 0.4) is 0 Å². The summed E-state index contributed by atoms with van der Waals surface area (Å²) in [5.74, 6) is -0.283. The highest BCUT2D eigenvalue weighted by atomic mass is 32.1. The van der Waals surface area contributed by atoms with E-state index in [9.17, 15) is 9.90 Å². The normalized spacial score (nSPS) is 10.0. The van der Waals surface area contributed by atoms with Gasteiger partial charge in [-0.1, -0.05) is 18.3 Å². The summed E-state index contributed by atoms with van der Waals surface area (Å²) in [6, 6.07) is 4.94. The van der Waals surface area contributed by atoms with Crippen molar-refractivity contribution in [3.05, 3.63) is 29.3 Å². The summed E-state index contributed by atoms with van der Waals surface area (Å²) < 4.78 is 0. The molecule has 0 fully saturated rings. The molecule has 1 aromatic rings. The third kappa shape index (κ3) is 3.42. The molecule has 0 atom stereocenters. The molecule has 0 aliphatic rings. The van der Waals surface area contributed by atoms with Gasteiger partial charge in [-0.2, -0.15) is 0 Å². The van der Waals surface area contributed by atoms with Gasteiger partial charge < -0.3 is 15.7 Å². The van der Waals surface area contributed by atoms with E-state index in [1.54, 1.807) is 18.2 Å². The Hall–Kier alpha value is -1.62. The maximum absolute atomic E-state index is 12.1. The molecule has 0 saturated heterocycles. The Labute approximate surface area is 106 Å². The lowest BCUT2D eigenvalue weighted by atomic mass is 10.1. The monoisotopic (exact) mass is 252 g/mol. The number of rotatable bonds is 4. The zero-order chi connectivity index (χ0) is 13.0. The first kappa shape index (κ1) is 13.4. The SMILES string of the molecule is CCN(CC(N)=S)C(=O)c1ccc(C)cc1O. The number of carbonyl (C=O) groups is 1. The Morgan fingerprint density at radius 3 is 2.65 bits per heavy atom. The van der Waals surface area contributed by atoms with E-state index >= 15 is 0 Å². The fraction of sp³-hybridized carbons (Fsp3) is 0.333. The summed E-state index contributed by atoms with van der Waals surface area (Å²) in [6.07, 6.45) is 0. The Morgan fingerprint density at radius 1 is 1.53 bits per heavy atom. The van der Waals surface area contributed by atoms with Gasteiger partial charge in [0.15, 0.2) is 0 Å². The van der Waals surface area contributed by atoms with Crippen molar-refractivity contribution >= 4 is 23.1 Å². The van der Waals surface area contributed by atoms with Crippen LogP contribution in [-0.2, 0) is 0 Å². The largest absolute Gasteiger partial charge is 0.507 e. The van der Waals surface area contributed by atoms with Gasteiger partial charge in [0.2, 0.25) is 0 Å². The van der Waals surface area contributed by atoms with Crippen molar-refractivity contribution in [2.45, 2.75) is 13.8 Å². The third-order valence-corrected chi connectivity index (χ3v) is 2.53. The molecule has 5 heteroatoms. The summed E-state index contributed by atoms with van der Waals surface area (Å²) in [5, 5.41) is 9.73. The van der Waals surface area contributed by atoms with Crippen LogP contribution in [0.1, 0.15) is 22.8 Å². The molecule has 1 aromatic carbocycles. The molecule has 0 spiro atoms. The second-order valence-corrected chi connectivity index (χ2v) is 4.33. The number of benzene rings is 1. The number of phenolic OH excluding ortho intramolecular Hbond substituents is 1. The van der Waals surface area contributed by atoms with Crippen LogP contribution in [0.5, 0.6) is 5.75 Å². The molecule has 1 amide bonds. The van der Waals surface area contributed by atoms with Crippen molar-refractivity contribution < 1.29 is 9.90 Å². The number of carbonyl (C=O) groups excluding carboxylic acids is 1. The van der Waals surface area contributed by atoms with Gasteiger partial charge in [0.1, 0.15) is 5.75 Å². The van der Waals surface area contributed by atoms with Crippen molar-refractivity contribution in [3.8, 4) is 5.75 Å². The number of thiocarbonyl (C=S) groups is 1. The highest BCUT2D eigenvalue weighted by Gasteiger charge is 2.17. The van der Waals surface area contributed by atoms with Crippen LogP contribution >= 0.6 is 12.2 Å². The lowest BCUT2D eigenvalue weighted by Crippen LogP contribution is -2.37. The van der Waals surface area contributed by atoms with E-state index in [0.717, 1.165) is 5.56 Å². The van der Waals surface area contributed by atoms with Crippen LogP contribution < -0.4 is 5.73 Å². The Morgan fingerprint density at radius 2 is 2.18 bits per heavy atom. The number of likely N-dealkylation sites (N-methyl/N-ethyl adjacent to an activating group) is 1. The van der Waals surface area contributed by atoms with Crippen molar-refractivity contribution in [2.75, 3.05) is 13.1 Å². The number of phenols is 1. The number of aromatic hydroxyl groups is 1. The minimum absolute atomic E-state index is 0.0172. The minimum atomic E-state index is -0.266. The van der Waals surface area contributed by atoms with Crippen LogP contribution in [0.4, 0.5) is 0 Å². The molecule has 0 aliphatic heterocycles. The number of nitrogens with two attached hydrogens (primary N) is 1. The summed E-state index contributed by atoms with van der Waals surface area (Å²) in [6.45, 7) is 4.39. The van der Waals surface area contributed by atoms with Gasteiger partial charge in [0.25, 0.3) is 5.91 Å². The fourth-order valence-electron chi connectivity index (χ4n) is 1.51. The molecular weight excluding hydrogens is 236 g/mol. The summed E-state index contributed by atoms with van der Waals surface area (Å²) in [7, 11) is 0. The first-order valence-electron chi connectivity index (χ1n) is 5.33. The third-order valence-electron chi connectivity index (χ3n) is 2.40. The topological polar surface area (TPSA) is 66.6 Å². The van der Waals surface area contributed by atoms with Crippen LogP contribution in [-0.4, -0.2) is 34.0 Å². The number of amides is 1. The molecule has 0 radical (unpaired) electrons. The highest BCUT2D eigenvalue weighted by Crippen LogP contribution is 2.20. The van der Waals surface area contributed by atoms with E-state index < -0.39 is 0 Å². The highest BCUT2D eigenvalue weighted by molar-refractivity contribution is 7.80. The lowest BCUT2D eigenvalue weighted by molar-refractivity contribution is 0.0785. The summed E-state index contributed by atoms with van der Waals surface area (Å²) in [5.41, 5.74) is 6.59. The molecule has 0 saturated carbocycles. The van der Waals surface area contributed by atoms with Crippen molar-refractivity contribution in [2.24, 2.45) is 5.73 Å². The van der Waals surface area contributed by atoms with Crippen molar-refractivity contribution in [3.63, 3.8) is 0 Å². The smallest absolute Gasteiger partial charge is 0.257 e. The van der Waals surface area contributed by atoms with Gasteiger partial charge in [-0.25, -0.2) is 0 Å². The van der Waals surface area contributed by atoms with Crippen LogP contribution in [0.25, 0.3) is 0 Å². The Kier molecular flexibility index (Phi) is 4.45. The lowest BCUT2D eigenvalue weighted by Gasteiger charge is -2.20. The van der Waals surface area contributed by atoms with E-state index in [4.69, 9.17) is 18.0 Å².